The minimum absolute atomic E-state index is 0.293. The van der Waals surface area contributed by atoms with Gasteiger partial charge in [0.2, 0.25) is 0 Å². The van der Waals surface area contributed by atoms with Crippen LogP contribution in [0.5, 0.6) is 5.75 Å². The summed E-state index contributed by atoms with van der Waals surface area (Å²) in [4.78, 5) is 24.7. The van der Waals surface area contributed by atoms with Crippen molar-refractivity contribution in [2.24, 2.45) is 0 Å². The highest BCUT2D eigenvalue weighted by atomic mass is 16.5. The third-order valence-corrected chi connectivity index (χ3v) is 5.81. The highest BCUT2D eigenvalue weighted by Crippen LogP contribution is 2.14. The number of hydrogen-bond acceptors (Lipinski definition) is 5. The van der Waals surface area contributed by atoms with E-state index < -0.39 is 11.9 Å². The molecule has 0 fully saturated rings. The summed E-state index contributed by atoms with van der Waals surface area (Å²) in [5.41, 5.74) is 0.586. The van der Waals surface area contributed by atoms with E-state index in [1.54, 1.807) is 31.4 Å². The lowest BCUT2D eigenvalue weighted by Gasteiger charge is -2.10. The zero-order valence-electron chi connectivity index (χ0n) is 22.6. The summed E-state index contributed by atoms with van der Waals surface area (Å²) in [7, 11) is 1.66. The van der Waals surface area contributed by atoms with Crippen LogP contribution in [0, 0.1) is 0 Å². The van der Waals surface area contributed by atoms with Gasteiger partial charge in [-0.15, -0.1) is 0 Å². The Balaban J connectivity index is 0.000000681. The lowest BCUT2D eigenvalue weighted by molar-refractivity contribution is 0.0450. The first kappa shape index (κ1) is 31.2. The van der Waals surface area contributed by atoms with Crippen LogP contribution in [0.15, 0.2) is 54.6 Å². The van der Waals surface area contributed by atoms with E-state index in [4.69, 9.17) is 14.2 Å². The largest absolute Gasteiger partial charge is 0.497 e. The summed E-state index contributed by atoms with van der Waals surface area (Å²) in [6.45, 7) is 5.17. The number of para-hydroxylation sites is 1. The Morgan fingerprint density at radius 3 is 1.33 bits per heavy atom. The maximum atomic E-state index is 12.4. The van der Waals surface area contributed by atoms with Gasteiger partial charge in [-0.1, -0.05) is 108 Å². The molecule has 0 aliphatic heterocycles. The fourth-order valence-electron chi connectivity index (χ4n) is 3.65. The Bertz CT molecular complexity index is 770. The number of hydrogen-bond donors (Lipinski definition) is 0. The number of carbonyl (C=O) groups excluding carboxylic acids is 2. The fraction of sp³-hybridized carbons (Fsp3) is 0.548. The van der Waals surface area contributed by atoms with Crippen LogP contribution >= 0.6 is 0 Å². The van der Waals surface area contributed by atoms with Gasteiger partial charge in [-0.05, 0) is 37.1 Å². The quantitative estimate of drug-likeness (QED) is 0.162. The zero-order chi connectivity index (χ0) is 26.3. The predicted molar refractivity (Wildman–Crippen MR) is 147 cm³/mol. The van der Waals surface area contributed by atoms with Crippen LogP contribution in [0.1, 0.15) is 112 Å². The third kappa shape index (κ3) is 14.6. The molecular weight excluding hydrogens is 452 g/mol. The molecule has 0 atom stereocenters. The van der Waals surface area contributed by atoms with Gasteiger partial charge in [-0.3, -0.25) is 0 Å². The van der Waals surface area contributed by atoms with Gasteiger partial charge in [0, 0.05) is 0 Å². The molecule has 0 saturated heterocycles. The Kier molecular flexibility index (Phi) is 18.6. The molecule has 5 heteroatoms. The smallest absolute Gasteiger partial charge is 0.339 e. The molecular formula is C31H46O5. The van der Waals surface area contributed by atoms with Crippen LogP contribution in [0.4, 0.5) is 0 Å². The third-order valence-electron chi connectivity index (χ3n) is 5.81. The highest BCUT2D eigenvalue weighted by Gasteiger charge is 2.18. The average Bonchev–Trinajstić information content (AvgIpc) is 2.92. The second-order valence-electron chi connectivity index (χ2n) is 8.87. The normalized spacial score (nSPS) is 10.2. The van der Waals surface area contributed by atoms with Crippen LogP contribution < -0.4 is 4.74 Å². The molecule has 200 valence electrons. The van der Waals surface area contributed by atoms with E-state index in [9.17, 15) is 9.59 Å². The van der Waals surface area contributed by atoms with Crippen molar-refractivity contribution < 1.29 is 23.8 Å². The lowest BCUT2D eigenvalue weighted by atomic mass is 10.1. The molecule has 0 amide bonds. The summed E-state index contributed by atoms with van der Waals surface area (Å²) < 4.78 is 15.6. The molecule has 0 radical (unpaired) electrons. The topological polar surface area (TPSA) is 61.8 Å². The minimum atomic E-state index is -0.444. The molecule has 2 aromatic rings. The molecule has 0 bridgehead atoms. The maximum Gasteiger partial charge on any atom is 0.339 e. The van der Waals surface area contributed by atoms with Gasteiger partial charge >= 0.3 is 11.9 Å². The van der Waals surface area contributed by atoms with Gasteiger partial charge in [0.1, 0.15) is 5.75 Å². The van der Waals surface area contributed by atoms with Gasteiger partial charge < -0.3 is 14.2 Å². The molecule has 0 N–H and O–H groups in total. The van der Waals surface area contributed by atoms with Gasteiger partial charge in [-0.2, -0.15) is 0 Å². The van der Waals surface area contributed by atoms with E-state index in [1.807, 2.05) is 30.3 Å². The van der Waals surface area contributed by atoms with Gasteiger partial charge in [0.25, 0.3) is 0 Å². The van der Waals surface area contributed by atoms with Crippen LogP contribution in [0.25, 0.3) is 0 Å². The molecule has 0 saturated carbocycles. The maximum absolute atomic E-state index is 12.4. The lowest BCUT2D eigenvalue weighted by Crippen LogP contribution is -2.15. The van der Waals surface area contributed by atoms with Crippen molar-refractivity contribution in [3.05, 3.63) is 65.7 Å². The molecule has 0 heterocycles. The molecule has 36 heavy (non-hydrogen) atoms. The van der Waals surface area contributed by atoms with Crippen LogP contribution in [-0.2, 0) is 9.47 Å². The first-order valence-corrected chi connectivity index (χ1v) is 13.7. The van der Waals surface area contributed by atoms with Crippen molar-refractivity contribution in [1.29, 1.82) is 0 Å². The second kappa shape index (κ2) is 21.5. The van der Waals surface area contributed by atoms with Crippen molar-refractivity contribution in [2.45, 2.75) is 90.9 Å². The number of methoxy groups -OCH3 is 1. The molecule has 0 aliphatic rings. The molecule has 2 aromatic carbocycles. The number of benzene rings is 2. The number of rotatable bonds is 17. The second-order valence-corrected chi connectivity index (χ2v) is 8.87. The van der Waals surface area contributed by atoms with E-state index in [2.05, 4.69) is 13.8 Å². The summed E-state index contributed by atoms with van der Waals surface area (Å²) in [5.74, 6) is 0.0221. The monoisotopic (exact) mass is 498 g/mol. The highest BCUT2D eigenvalue weighted by molar-refractivity contribution is 6.03. The Morgan fingerprint density at radius 2 is 0.944 bits per heavy atom. The minimum Gasteiger partial charge on any atom is -0.497 e. The van der Waals surface area contributed by atoms with Crippen molar-refractivity contribution in [3.8, 4) is 5.75 Å². The Hall–Kier alpha value is -2.82. The van der Waals surface area contributed by atoms with E-state index in [-0.39, 0.29) is 0 Å². The van der Waals surface area contributed by atoms with E-state index in [0.717, 1.165) is 31.4 Å². The molecule has 5 nitrogen and oxygen atoms in total. The molecule has 0 spiro atoms. The number of unbranched alkanes of at least 4 members (excludes halogenated alkanes) is 10. The first-order chi connectivity index (χ1) is 17.6. The average molecular weight is 499 g/mol. The van der Waals surface area contributed by atoms with Crippen molar-refractivity contribution in [2.75, 3.05) is 20.3 Å². The summed E-state index contributed by atoms with van der Waals surface area (Å²) in [6.07, 6.45) is 13.6. The van der Waals surface area contributed by atoms with Crippen LogP contribution in [-0.4, -0.2) is 32.3 Å². The SMILES string of the molecule is CCCCCCCCOC(=O)c1ccccc1C(=O)OCCCCCCCC.COc1ccccc1. The first-order valence-electron chi connectivity index (χ1n) is 13.7. The molecule has 2 rings (SSSR count). The van der Waals surface area contributed by atoms with Gasteiger partial charge in [0.15, 0.2) is 0 Å². The summed E-state index contributed by atoms with van der Waals surface area (Å²) >= 11 is 0. The number of ether oxygens (including phenoxy) is 3. The van der Waals surface area contributed by atoms with Crippen molar-refractivity contribution >= 4 is 11.9 Å². The summed E-state index contributed by atoms with van der Waals surface area (Å²) in [5, 5.41) is 0. The summed E-state index contributed by atoms with van der Waals surface area (Å²) in [6, 6.07) is 16.4. The van der Waals surface area contributed by atoms with Crippen LogP contribution in [0.3, 0.4) is 0 Å². The van der Waals surface area contributed by atoms with E-state index in [1.165, 1.54) is 51.4 Å². The number of carbonyl (C=O) groups is 2. The van der Waals surface area contributed by atoms with Gasteiger partial charge in [0.05, 0.1) is 31.5 Å². The van der Waals surface area contributed by atoms with Crippen molar-refractivity contribution in [1.82, 2.24) is 0 Å². The zero-order valence-corrected chi connectivity index (χ0v) is 22.6. The predicted octanol–water partition coefficient (Wildman–Crippen LogP) is 8.42. The van der Waals surface area contributed by atoms with Crippen LogP contribution in [0.2, 0.25) is 0 Å². The fourth-order valence-corrected chi connectivity index (χ4v) is 3.65. The van der Waals surface area contributed by atoms with E-state index >= 15 is 0 Å². The van der Waals surface area contributed by atoms with Crippen molar-refractivity contribution in [3.63, 3.8) is 0 Å². The molecule has 0 aliphatic carbocycles. The standard InChI is InChI=1S/C24H38O4.C7H8O/c1-3-5-7-9-11-15-19-27-23(25)21-17-13-14-18-22(21)24(26)28-20-16-12-10-8-6-4-2;1-8-7-5-3-2-4-6-7/h13-14,17-18H,3-12,15-16,19-20H2,1-2H3;2-6H,1H3. The van der Waals surface area contributed by atoms with E-state index in [0.29, 0.717) is 24.3 Å². The Labute approximate surface area is 218 Å². The Morgan fingerprint density at radius 1 is 0.556 bits per heavy atom. The number of esters is 2. The molecule has 0 aromatic heterocycles. The molecule has 0 unspecified atom stereocenters. The van der Waals surface area contributed by atoms with Gasteiger partial charge in [-0.25, -0.2) is 9.59 Å².